The molecule has 120 valence electrons. The Morgan fingerprint density at radius 3 is 1.60 bits per heavy atom. The van der Waals surface area contributed by atoms with E-state index in [4.69, 9.17) is 0 Å². The van der Waals surface area contributed by atoms with Crippen LogP contribution >= 0.6 is 0 Å². The Kier molecular flexibility index (Phi) is 14.1. The lowest BCUT2D eigenvalue weighted by Gasteiger charge is -2.23. The van der Waals surface area contributed by atoms with Crippen molar-refractivity contribution in [2.75, 3.05) is 27.7 Å². The fourth-order valence-electron chi connectivity index (χ4n) is 1.72. The number of nitrogens with zero attached hydrogens (tertiary/aromatic N) is 1. The predicted molar refractivity (Wildman–Crippen MR) is 85.3 cm³/mol. The van der Waals surface area contributed by atoms with Crippen LogP contribution in [-0.4, -0.2) is 38.1 Å². The summed E-state index contributed by atoms with van der Waals surface area (Å²) in [5, 5.41) is 9.49. The number of hydrogen-bond acceptors (Lipinski definition) is 2. The van der Waals surface area contributed by atoms with E-state index in [-0.39, 0.29) is 5.57 Å². The lowest BCUT2D eigenvalue weighted by Crippen LogP contribution is -2.35. The second-order valence-electron chi connectivity index (χ2n) is 6.56. The number of unbranched alkanes of at least 4 members (excludes halogenated alkanes) is 7. The molecule has 0 aromatic carbocycles. The molecule has 0 N–H and O–H groups in total. The van der Waals surface area contributed by atoms with Gasteiger partial charge in [0.05, 0.1) is 33.7 Å². The first kappa shape index (κ1) is 21.5. The smallest absolute Gasteiger partial charge is 0.0780 e. The summed E-state index contributed by atoms with van der Waals surface area (Å²) in [6.45, 7) is 8.08. The van der Waals surface area contributed by atoms with Gasteiger partial charge in [-0.2, -0.15) is 0 Å². The molecule has 0 atom stereocenters. The number of aliphatic carboxylic acids is 1. The summed E-state index contributed by atoms with van der Waals surface area (Å²) in [7, 11) is 6.84. The topological polar surface area (TPSA) is 40.1 Å². The van der Waals surface area contributed by atoms with Crippen molar-refractivity contribution in [1.82, 2.24) is 0 Å². The Morgan fingerprint density at radius 1 is 0.950 bits per heavy atom. The number of carboxylic acid groups (broad SMARTS) is 1. The van der Waals surface area contributed by atoms with Gasteiger partial charge in [-0.3, -0.25) is 0 Å². The highest BCUT2D eigenvalue weighted by Gasteiger charge is 2.04. The molecule has 20 heavy (non-hydrogen) atoms. The van der Waals surface area contributed by atoms with Crippen LogP contribution in [0.2, 0.25) is 0 Å². The molecular weight excluding hydrogens is 250 g/mol. The van der Waals surface area contributed by atoms with Crippen LogP contribution in [0.4, 0.5) is 0 Å². The second-order valence-corrected chi connectivity index (χ2v) is 6.56. The minimum absolute atomic E-state index is 0.0648. The molecule has 0 fully saturated rings. The van der Waals surface area contributed by atoms with E-state index in [2.05, 4.69) is 34.6 Å². The maximum Gasteiger partial charge on any atom is 0.0780 e. The standard InChI is InChI=1S/C13H30N.C4H6O2/c1-5-6-7-8-9-10-11-12-13-14(2,3)4;1-3(2)4(5)6/h5-13H2,1-4H3;1H2,2H3,(H,5,6)/q+1;/p-1. The fourth-order valence-corrected chi connectivity index (χ4v) is 1.72. The van der Waals surface area contributed by atoms with Crippen molar-refractivity contribution < 1.29 is 14.4 Å². The molecular formula is C17H35NO2. The average molecular weight is 285 g/mol. The van der Waals surface area contributed by atoms with E-state index in [0.717, 1.165) is 4.48 Å². The van der Waals surface area contributed by atoms with Crippen molar-refractivity contribution in [3.05, 3.63) is 12.2 Å². The van der Waals surface area contributed by atoms with Gasteiger partial charge in [0, 0.05) is 0 Å². The molecule has 0 unspecified atom stereocenters. The van der Waals surface area contributed by atoms with E-state index in [1.165, 1.54) is 64.8 Å². The molecule has 0 radical (unpaired) electrons. The van der Waals surface area contributed by atoms with Gasteiger partial charge in [0.1, 0.15) is 0 Å². The number of rotatable bonds is 10. The van der Waals surface area contributed by atoms with Gasteiger partial charge in [-0.25, -0.2) is 0 Å². The normalized spacial score (nSPS) is 10.7. The summed E-state index contributed by atoms with van der Waals surface area (Å²) >= 11 is 0. The van der Waals surface area contributed by atoms with Crippen LogP contribution in [0.25, 0.3) is 0 Å². The first-order chi connectivity index (χ1) is 9.20. The summed E-state index contributed by atoms with van der Waals surface area (Å²) in [6, 6.07) is 0. The van der Waals surface area contributed by atoms with Crippen LogP contribution < -0.4 is 5.11 Å². The van der Waals surface area contributed by atoms with Crippen molar-refractivity contribution in [2.45, 2.75) is 65.2 Å². The third kappa shape index (κ3) is 22.4. The second kappa shape index (κ2) is 13.2. The van der Waals surface area contributed by atoms with Crippen molar-refractivity contribution >= 4 is 5.97 Å². The molecule has 0 aliphatic rings. The van der Waals surface area contributed by atoms with Crippen molar-refractivity contribution in [1.29, 1.82) is 0 Å². The van der Waals surface area contributed by atoms with E-state index in [9.17, 15) is 9.90 Å². The zero-order valence-corrected chi connectivity index (χ0v) is 14.3. The van der Waals surface area contributed by atoms with Gasteiger partial charge in [-0.15, -0.1) is 0 Å². The van der Waals surface area contributed by atoms with Gasteiger partial charge in [0.15, 0.2) is 0 Å². The molecule has 0 aliphatic heterocycles. The van der Waals surface area contributed by atoms with Crippen LogP contribution in [0.15, 0.2) is 12.2 Å². The Labute approximate surface area is 126 Å². The molecule has 0 spiro atoms. The molecule has 0 bridgehead atoms. The molecule has 0 heterocycles. The molecule has 0 saturated carbocycles. The van der Waals surface area contributed by atoms with E-state index in [1.807, 2.05) is 0 Å². The Bertz CT molecular complexity index is 242. The van der Waals surface area contributed by atoms with E-state index in [0.29, 0.717) is 0 Å². The highest BCUT2D eigenvalue weighted by Crippen LogP contribution is 2.09. The molecule has 0 amide bonds. The Morgan fingerprint density at radius 2 is 1.30 bits per heavy atom. The number of quaternary nitrogens is 1. The quantitative estimate of drug-likeness (QED) is 0.351. The van der Waals surface area contributed by atoms with Crippen molar-refractivity contribution in [3.63, 3.8) is 0 Å². The van der Waals surface area contributed by atoms with Crippen LogP contribution in [0.1, 0.15) is 65.2 Å². The molecule has 0 aromatic heterocycles. The van der Waals surface area contributed by atoms with Crippen molar-refractivity contribution in [3.8, 4) is 0 Å². The zero-order valence-electron chi connectivity index (χ0n) is 14.3. The lowest BCUT2D eigenvalue weighted by molar-refractivity contribution is -0.870. The number of carbonyl (C=O) groups is 1. The van der Waals surface area contributed by atoms with Gasteiger partial charge >= 0.3 is 0 Å². The molecule has 0 aromatic rings. The van der Waals surface area contributed by atoms with Crippen LogP contribution in [0.5, 0.6) is 0 Å². The molecule has 0 aliphatic carbocycles. The zero-order chi connectivity index (χ0) is 16.0. The molecule has 0 saturated heterocycles. The first-order valence-corrected chi connectivity index (χ1v) is 7.88. The molecule has 0 rings (SSSR count). The van der Waals surface area contributed by atoms with Gasteiger partial charge in [-0.05, 0) is 25.3 Å². The Balaban J connectivity index is 0. The maximum absolute atomic E-state index is 9.49. The fraction of sp³-hybridized carbons (Fsp3) is 0.824. The van der Waals surface area contributed by atoms with Crippen LogP contribution in [-0.2, 0) is 4.79 Å². The van der Waals surface area contributed by atoms with E-state index in [1.54, 1.807) is 0 Å². The van der Waals surface area contributed by atoms with Crippen molar-refractivity contribution in [2.24, 2.45) is 0 Å². The highest BCUT2D eigenvalue weighted by molar-refractivity contribution is 5.82. The third-order valence-electron chi connectivity index (χ3n) is 3.03. The predicted octanol–water partition coefficient (Wildman–Crippen LogP) is 3.15. The summed E-state index contributed by atoms with van der Waals surface area (Å²) in [5.74, 6) is -1.19. The third-order valence-corrected chi connectivity index (χ3v) is 3.03. The summed E-state index contributed by atoms with van der Waals surface area (Å²) in [6.07, 6.45) is 11.4. The SMILES string of the molecule is C=C(C)C(=O)[O-].CCCCCCCCCC[N+](C)(C)C. The maximum atomic E-state index is 9.49. The highest BCUT2D eigenvalue weighted by atomic mass is 16.4. The lowest BCUT2D eigenvalue weighted by atomic mass is 10.1. The van der Waals surface area contributed by atoms with E-state index >= 15 is 0 Å². The first-order valence-electron chi connectivity index (χ1n) is 7.88. The summed E-state index contributed by atoms with van der Waals surface area (Å²) in [5.41, 5.74) is 0.0648. The van der Waals surface area contributed by atoms with Gasteiger partial charge in [0.25, 0.3) is 0 Å². The van der Waals surface area contributed by atoms with Crippen LogP contribution in [0, 0.1) is 0 Å². The van der Waals surface area contributed by atoms with Gasteiger partial charge in [-0.1, -0.05) is 52.0 Å². The number of carbonyl (C=O) groups excluding carboxylic acids is 1. The summed E-state index contributed by atoms with van der Waals surface area (Å²) < 4.78 is 1.12. The largest absolute Gasteiger partial charge is 0.545 e. The van der Waals surface area contributed by atoms with Gasteiger partial charge in [0.2, 0.25) is 0 Å². The molecule has 3 heteroatoms. The summed E-state index contributed by atoms with van der Waals surface area (Å²) in [4.78, 5) is 9.49. The van der Waals surface area contributed by atoms with Gasteiger partial charge < -0.3 is 14.4 Å². The number of hydrogen-bond donors (Lipinski definition) is 0. The number of carboxylic acids is 1. The monoisotopic (exact) mass is 285 g/mol. The minimum Gasteiger partial charge on any atom is -0.545 e. The molecule has 3 nitrogen and oxygen atoms in total. The minimum atomic E-state index is -1.19. The van der Waals surface area contributed by atoms with E-state index < -0.39 is 5.97 Å². The van der Waals surface area contributed by atoms with Crippen LogP contribution in [0.3, 0.4) is 0 Å². The Hall–Kier alpha value is -0.830. The average Bonchev–Trinajstić information content (AvgIpc) is 2.32.